The van der Waals surface area contributed by atoms with Crippen LogP contribution in [0.2, 0.25) is 0 Å². The zero-order valence-electron chi connectivity index (χ0n) is 9.75. The zero-order valence-corrected chi connectivity index (χ0v) is 9.75. The maximum absolute atomic E-state index is 12.2. The monoisotopic (exact) mass is 236 g/mol. The SMILES string of the molecule is CC(C)N1C[C@@]23C=C[C@H](O2)[C@H](C(=O)[O-])[C@H]3C1=O. The normalized spacial score (nSPS) is 42.6. The number of aliphatic carboxylic acids is 1. The lowest BCUT2D eigenvalue weighted by Crippen LogP contribution is -2.45. The van der Waals surface area contributed by atoms with E-state index in [1.54, 1.807) is 11.0 Å². The van der Waals surface area contributed by atoms with E-state index >= 15 is 0 Å². The average molecular weight is 236 g/mol. The number of carbonyl (C=O) groups is 2. The van der Waals surface area contributed by atoms with Gasteiger partial charge in [0.2, 0.25) is 5.91 Å². The van der Waals surface area contributed by atoms with Crippen molar-refractivity contribution < 1.29 is 19.4 Å². The number of rotatable bonds is 2. The van der Waals surface area contributed by atoms with Gasteiger partial charge in [-0.2, -0.15) is 0 Å². The Morgan fingerprint density at radius 1 is 1.65 bits per heavy atom. The predicted molar refractivity (Wildman–Crippen MR) is 55.6 cm³/mol. The van der Waals surface area contributed by atoms with Crippen LogP contribution in [0.4, 0.5) is 0 Å². The summed E-state index contributed by atoms with van der Waals surface area (Å²) in [5, 5.41) is 11.2. The van der Waals surface area contributed by atoms with Crippen molar-refractivity contribution in [3.05, 3.63) is 12.2 Å². The Morgan fingerprint density at radius 3 is 2.94 bits per heavy atom. The van der Waals surface area contributed by atoms with Crippen LogP contribution in [0.15, 0.2) is 12.2 Å². The number of hydrogen-bond acceptors (Lipinski definition) is 4. The molecule has 0 aromatic carbocycles. The molecule has 3 heterocycles. The minimum absolute atomic E-state index is 0.0564. The third kappa shape index (κ3) is 1.17. The number of carbonyl (C=O) groups excluding carboxylic acids is 2. The largest absolute Gasteiger partial charge is 0.550 e. The lowest BCUT2D eigenvalue weighted by atomic mass is 9.77. The van der Waals surface area contributed by atoms with Gasteiger partial charge in [-0.25, -0.2) is 0 Å². The summed E-state index contributed by atoms with van der Waals surface area (Å²) in [6.45, 7) is 4.28. The van der Waals surface area contributed by atoms with Crippen molar-refractivity contribution >= 4 is 11.9 Å². The van der Waals surface area contributed by atoms with Crippen LogP contribution in [0.5, 0.6) is 0 Å². The summed E-state index contributed by atoms with van der Waals surface area (Å²) in [4.78, 5) is 25.1. The summed E-state index contributed by atoms with van der Waals surface area (Å²) in [5.74, 6) is -2.76. The molecule has 1 amide bonds. The molecule has 3 rings (SSSR count). The van der Waals surface area contributed by atoms with Gasteiger partial charge in [0.25, 0.3) is 0 Å². The van der Waals surface area contributed by atoms with Gasteiger partial charge < -0.3 is 19.5 Å². The fraction of sp³-hybridized carbons (Fsp3) is 0.667. The molecule has 4 atom stereocenters. The van der Waals surface area contributed by atoms with E-state index in [9.17, 15) is 14.7 Å². The second kappa shape index (κ2) is 3.10. The molecular formula is C12H14NO4-. The Bertz CT molecular complexity index is 430. The highest BCUT2D eigenvalue weighted by atomic mass is 16.5. The van der Waals surface area contributed by atoms with Crippen LogP contribution in [0.1, 0.15) is 13.8 Å². The maximum Gasteiger partial charge on any atom is 0.230 e. The molecular weight excluding hydrogens is 222 g/mol. The average Bonchev–Trinajstić information content (AvgIpc) is 2.86. The number of likely N-dealkylation sites (tertiary alicyclic amines) is 1. The first-order chi connectivity index (χ1) is 7.96. The minimum atomic E-state index is -1.19. The molecule has 5 nitrogen and oxygen atoms in total. The van der Waals surface area contributed by atoms with Gasteiger partial charge in [0.1, 0.15) is 5.60 Å². The van der Waals surface area contributed by atoms with Gasteiger partial charge in [-0.05, 0) is 13.8 Å². The quantitative estimate of drug-likeness (QED) is 0.572. The van der Waals surface area contributed by atoms with Crippen molar-refractivity contribution in [1.29, 1.82) is 0 Å². The van der Waals surface area contributed by atoms with E-state index in [4.69, 9.17) is 4.74 Å². The molecule has 0 radical (unpaired) electrons. The summed E-state index contributed by atoms with van der Waals surface area (Å²) < 4.78 is 5.71. The molecule has 0 aromatic rings. The molecule has 3 aliphatic heterocycles. The standard InChI is InChI=1S/C12H15NO4/c1-6(2)13-5-12-4-3-7(17-12)8(11(15)16)9(12)10(13)14/h3-4,6-9H,5H2,1-2H3,(H,15,16)/p-1/t7-,8-,9-,12+/m0/s1. The highest BCUT2D eigenvalue weighted by Crippen LogP contribution is 2.51. The van der Waals surface area contributed by atoms with Crippen LogP contribution in [-0.2, 0) is 14.3 Å². The zero-order chi connectivity index (χ0) is 12.4. The molecule has 17 heavy (non-hydrogen) atoms. The summed E-state index contributed by atoms with van der Waals surface area (Å²) in [5.41, 5.74) is -0.725. The van der Waals surface area contributed by atoms with E-state index in [2.05, 4.69) is 0 Å². The number of ether oxygens (including phenoxy) is 1. The van der Waals surface area contributed by atoms with E-state index in [1.165, 1.54) is 0 Å². The molecule has 2 saturated heterocycles. The third-order valence-electron chi connectivity index (χ3n) is 4.03. The topological polar surface area (TPSA) is 69.7 Å². The number of hydrogen-bond donors (Lipinski definition) is 0. The first-order valence-corrected chi connectivity index (χ1v) is 5.85. The first-order valence-electron chi connectivity index (χ1n) is 5.85. The molecule has 3 aliphatic rings. The van der Waals surface area contributed by atoms with Crippen molar-refractivity contribution in [2.24, 2.45) is 11.8 Å². The highest BCUT2D eigenvalue weighted by Gasteiger charge is 2.65. The van der Waals surface area contributed by atoms with Crippen LogP contribution in [-0.4, -0.2) is 41.1 Å². The summed E-state index contributed by atoms with van der Waals surface area (Å²) in [6, 6.07) is 0.0564. The number of nitrogens with zero attached hydrogens (tertiary/aromatic N) is 1. The van der Waals surface area contributed by atoms with Crippen molar-refractivity contribution in [1.82, 2.24) is 4.90 Å². The van der Waals surface area contributed by atoms with Gasteiger partial charge in [-0.1, -0.05) is 12.2 Å². The lowest BCUT2D eigenvalue weighted by molar-refractivity contribution is -0.313. The maximum atomic E-state index is 12.2. The van der Waals surface area contributed by atoms with E-state index in [-0.39, 0.29) is 11.9 Å². The molecule has 5 heteroatoms. The van der Waals surface area contributed by atoms with Gasteiger partial charge in [-0.3, -0.25) is 4.79 Å². The molecule has 92 valence electrons. The summed E-state index contributed by atoms with van der Waals surface area (Å²) in [7, 11) is 0. The Labute approximate surface area is 99.0 Å². The molecule has 0 saturated carbocycles. The van der Waals surface area contributed by atoms with E-state index < -0.39 is 29.5 Å². The highest BCUT2D eigenvalue weighted by molar-refractivity contribution is 5.90. The Balaban J connectivity index is 2.01. The van der Waals surface area contributed by atoms with Gasteiger partial charge in [0, 0.05) is 17.9 Å². The number of carboxylic acid groups (broad SMARTS) is 1. The van der Waals surface area contributed by atoms with Crippen LogP contribution in [0, 0.1) is 11.8 Å². The van der Waals surface area contributed by atoms with Crippen LogP contribution in [0.25, 0.3) is 0 Å². The van der Waals surface area contributed by atoms with Gasteiger partial charge in [0.15, 0.2) is 0 Å². The molecule has 0 unspecified atom stereocenters. The summed E-state index contributed by atoms with van der Waals surface area (Å²) >= 11 is 0. The Hall–Kier alpha value is -1.36. The van der Waals surface area contributed by atoms with Crippen molar-refractivity contribution in [3.8, 4) is 0 Å². The number of carboxylic acids is 1. The fourth-order valence-corrected chi connectivity index (χ4v) is 3.23. The lowest BCUT2D eigenvalue weighted by Gasteiger charge is -2.25. The molecule has 0 N–H and O–H groups in total. The number of amides is 1. The van der Waals surface area contributed by atoms with Crippen molar-refractivity contribution in [3.63, 3.8) is 0 Å². The molecule has 0 aliphatic carbocycles. The van der Waals surface area contributed by atoms with Crippen LogP contribution < -0.4 is 5.11 Å². The van der Waals surface area contributed by atoms with Gasteiger partial charge in [-0.15, -0.1) is 0 Å². The number of fused-ring (bicyclic) bond motifs is 1. The van der Waals surface area contributed by atoms with E-state index in [1.807, 2.05) is 19.9 Å². The molecule has 0 aromatic heterocycles. The fourth-order valence-electron chi connectivity index (χ4n) is 3.23. The van der Waals surface area contributed by atoms with E-state index in [0.29, 0.717) is 6.54 Å². The minimum Gasteiger partial charge on any atom is -0.550 e. The van der Waals surface area contributed by atoms with E-state index in [0.717, 1.165) is 0 Å². The molecule has 1 spiro atoms. The molecule has 2 fully saturated rings. The second-order valence-corrected chi connectivity index (χ2v) is 5.28. The van der Waals surface area contributed by atoms with Gasteiger partial charge in [0.05, 0.1) is 18.6 Å². The second-order valence-electron chi connectivity index (χ2n) is 5.28. The van der Waals surface area contributed by atoms with Crippen LogP contribution in [0.3, 0.4) is 0 Å². The third-order valence-corrected chi connectivity index (χ3v) is 4.03. The van der Waals surface area contributed by atoms with Gasteiger partial charge >= 0.3 is 0 Å². The Kier molecular flexibility index (Phi) is 1.96. The van der Waals surface area contributed by atoms with Crippen LogP contribution >= 0.6 is 0 Å². The predicted octanol–water partition coefficient (Wildman–Crippen LogP) is -1.07. The van der Waals surface area contributed by atoms with Crippen molar-refractivity contribution in [2.75, 3.05) is 6.54 Å². The smallest absolute Gasteiger partial charge is 0.230 e. The summed E-state index contributed by atoms with van der Waals surface area (Å²) in [6.07, 6.45) is 3.10. The Morgan fingerprint density at radius 2 is 2.35 bits per heavy atom. The van der Waals surface area contributed by atoms with Crippen molar-refractivity contribution in [2.45, 2.75) is 31.6 Å². The molecule has 2 bridgehead atoms. The first kappa shape index (κ1) is 10.8.